The van der Waals surface area contributed by atoms with E-state index in [-0.39, 0.29) is 18.2 Å². The van der Waals surface area contributed by atoms with Crippen LogP contribution in [0, 0.1) is 6.92 Å². The number of furan rings is 1. The van der Waals surface area contributed by atoms with Gasteiger partial charge in [-0.3, -0.25) is 4.79 Å². The third-order valence-corrected chi connectivity index (χ3v) is 6.48. The van der Waals surface area contributed by atoms with Gasteiger partial charge in [0.1, 0.15) is 33.4 Å². The maximum Gasteiger partial charge on any atom is 0.231 e. The second kappa shape index (κ2) is 10.8. The molecule has 182 valence electrons. The molecule has 8 nitrogen and oxygen atoms in total. The largest absolute Gasteiger partial charge is 0.496 e. The van der Waals surface area contributed by atoms with Gasteiger partial charge in [-0.15, -0.1) is 10.2 Å². The molecule has 0 saturated carbocycles. The van der Waals surface area contributed by atoms with Gasteiger partial charge in [0.2, 0.25) is 5.78 Å². The number of carbonyl (C=O) groups excluding carboxylic acids is 1. The number of hydrogen-bond acceptors (Lipinski definition) is 9. The molecule has 9 heteroatoms. The SMILES string of the molecule is CCOC(C(=O)c1ccc(-c2cc(OC)c(C)c(OC)c2)o1)c1ccc(-c2nnc(CO)s2)cc1. The normalized spacial score (nSPS) is 11.9. The third kappa shape index (κ3) is 5.12. The summed E-state index contributed by atoms with van der Waals surface area (Å²) in [6.07, 6.45) is -0.822. The van der Waals surface area contributed by atoms with Gasteiger partial charge in [-0.05, 0) is 43.7 Å². The van der Waals surface area contributed by atoms with Crippen LogP contribution >= 0.6 is 11.3 Å². The molecule has 0 radical (unpaired) electrons. The van der Waals surface area contributed by atoms with Crippen LogP contribution in [0.2, 0.25) is 0 Å². The molecular weight excluding hydrogens is 468 g/mol. The molecule has 0 saturated heterocycles. The Balaban J connectivity index is 1.60. The Morgan fingerprint density at radius 2 is 1.71 bits per heavy atom. The van der Waals surface area contributed by atoms with Crippen molar-refractivity contribution < 1.29 is 28.5 Å². The van der Waals surface area contributed by atoms with Gasteiger partial charge < -0.3 is 23.7 Å². The van der Waals surface area contributed by atoms with Gasteiger partial charge in [-0.1, -0.05) is 35.6 Å². The van der Waals surface area contributed by atoms with Gasteiger partial charge in [-0.25, -0.2) is 0 Å². The topological polar surface area (TPSA) is 104 Å². The summed E-state index contributed by atoms with van der Waals surface area (Å²) in [7, 11) is 3.19. The van der Waals surface area contributed by atoms with Crippen molar-refractivity contribution in [2.24, 2.45) is 0 Å². The van der Waals surface area contributed by atoms with Crippen LogP contribution in [0.1, 0.15) is 39.7 Å². The molecule has 1 atom stereocenters. The van der Waals surface area contributed by atoms with Crippen LogP contribution in [0.4, 0.5) is 0 Å². The average Bonchev–Trinajstić information content (AvgIpc) is 3.57. The molecule has 0 spiro atoms. The van der Waals surface area contributed by atoms with Crippen LogP contribution in [-0.4, -0.2) is 41.9 Å². The fourth-order valence-electron chi connectivity index (χ4n) is 3.71. The molecule has 2 aromatic carbocycles. The molecule has 0 bridgehead atoms. The highest BCUT2D eigenvalue weighted by molar-refractivity contribution is 7.14. The Hall–Kier alpha value is -3.53. The first-order valence-corrected chi connectivity index (χ1v) is 11.8. The maximum atomic E-state index is 13.4. The van der Waals surface area contributed by atoms with Crippen LogP contribution in [0.3, 0.4) is 0 Å². The monoisotopic (exact) mass is 494 g/mol. The van der Waals surface area contributed by atoms with Crippen LogP contribution in [0.5, 0.6) is 11.5 Å². The molecule has 1 unspecified atom stereocenters. The number of Topliss-reactive ketones (excluding diaryl/α,β-unsaturated/α-hetero) is 1. The zero-order chi connectivity index (χ0) is 24.9. The number of aliphatic hydroxyl groups excluding tert-OH is 1. The summed E-state index contributed by atoms with van der Waals surface area (Å²) in [6.45, 7) is 3.95. The predicted molar refractivity (Wildman–Crippen MR) is 132 cm³/mol. The number of ether oxygens (including phenoxy) is 3. The summed E-state index contributed by atoms with van der Waals surface area (Å²) in [5, 5.41) is 18.5. The first-order valence-electron chi connectivity index (χ1n) is 11.0. The van der Waals surface area contributed by atoms with Crippen LogP contribution < -0.4 is 9.47 Å². The Morgan fingerprint density at radius 3 is 2.29 bits per heavy atom. The van der Waals surface area contributed by atoms with Crippen molar-refractivity contribution in [3.63, 3.8) is 0 Å². The lowest BCUT2D eigenvalue weighted by molar-refractivity contribution is 0.0429. The fourth-order valence-corrected chi connectivity index (χ4v) is 4.41. The number of aromatic nitrogens is 2. The fraction of sp³-hybridized carbons (Fsp3) is 0.269. The van der Waals surface area contributed by atoms with E-state index in [9.17, 15) is 9.90 Å². The Labute approximate surface area is 207 Å². The Morgan fingerprint density at radius 1 is 1.03 bits per heavy atom. The van der Waals surface area contributed by atoms with Crippen molar-refractivity contribution >= 4 is 17.1 Å². The molecule has 2 aromatic heterocycles. The van der Waals surface area contributed by atoms with Gasteiger partial charge in [0.25, 0.3) is 0 Å². The van der Waals surface area contributed by atoms with Crippen molar-refractivity contribution in [3.05, 3.63) is 70.4 Å². The zero-order valence-electron chi connectivity index (χ0n) is 19.9. The molecule has 0 amide bonds. The van der Waals surface area contributed by atoms with Crippen molar-refractivity contribution in [2.45, 2.75) is 26.6 Å². The number of carbonyl (C=O) groups is 1. The minimum absolute atomic E-state index is 0.149. The van der Waals surface area contributed by atoms with E-state index in [1.807, 2.05) is 50.2 Å². The standard InChI is InChI=1S/C26H26N2O6S/c1-5-33-25(16-6-8-17(9-7-16)26-28-27-23(14-29)35-26)24(30)20-11-10-19(34-20)18-12-21(31-3)15(2)22(13-18)32-4/h6-13,25,29H,5,14H2,1-4H3. The summed E-state index contributed by atoms with van der Waals surface area (Å²) >= 11 is 1.32. The van der Waals surface area contributed by atoms with Crippen LogP contribution in [0.15, 0.2) is 52.9 Å². The molecule has 0 fully saturated rings. The van der Waals surface area contributed by atoms with E-state index in [1.54, 1.807) is 26.4 Å². The highest BCUT2D eigenvalue weighted by Crippen LogP contribution is 2.36. The highest BCUT2D eigenvalue weighted by atomic mass is 32.1. The van der Waals surface area contributed by atoms with E-state index in [0.717, 1.165) is 16.7 Å². The second-order valence-electron chi connectivity index (χ2n) is 7.65. The molecule has 0 aliphatic heterocycles. The zero-order valence-corrected chi connectivity index (χ0v) is 20.7. The highest BCUT2D eigenvalue weighted by Gasteiger charge is 2.26. The summed E-state index contributed by atoms with van der Waals surface area (Å²) in [5.41, 5.74) is 3.16. The smallest absolute Gasteiger partial charge is 0.231 e. The van der Waals surface area contributed by atoms with Gasteiger partial charge in [0, 0.05) is 23.3 Å². The molecule has 35 heavy (non-hydrogen) atoms. The maximum absolute atomic E-state index is 13.4. The summed E-state index contributed by atoms with van der Waals surface area (Å²) in [5.74, 6) is 1.76. The molecule has 4 rings (SSSR count). The number of hydrogen-bond donors (Lipinski definition) is 1. The first kappa shape index (κ1) is 24.6. The van der Waals surface area contributed by atoms with Crippen molar-refractivity contribution in [1.82, 2.24) is 10.2 Å². The third-order valence-electron chi connectivity index (χ3n) is 5.52. The lowest BCUT2D eigenvalue weighted by atomic mass is 10.0. The van der Waals surface area contributed by atoms with E-state index < -0.39 is 6.10 Å². The molecule has 1 N–H and O–H groups in total. The van der Waals surface area contributed by atoms with E-state index in [0.29, 0.717) is 39.4 Å². The summed E-state index contributed by atoms with van der Waals surface area (Å²) < 4.78 is 22.7. The first-order chi connectivity index (χ1) is 17.0. The van der Waals surface area contributed by atoms with Crippen molar-refractivity contribution in [2.75, 3.05) is 20.8 Å². The minimum Gasteiger partial charge on any atom is -0.496 e. The van der Waals surface area contributed by atoms with Gasteiger partial charge in [0.05, 0.1) is 20.8 Å². The van der Waals surface area contributed by atoms with Gasteiger partial charge in [0.15, 0.2) is 5.76 Å². The number of ketones is 1. The van der Waals surface area contributed by atoms with E-state index >= 15 is 0 Å². The number of rotatable bonds is 10. The second-order valence-corrected chi connectivity index (χ2v) is 8.71. The van der Waals surface area contributed by atoms with E-state index in [1.165, 1.54) is 11.3 Å². The molecule has 0 aliphatic carbocycles. The lowest BCUT2D eigenvalue weighted by Gasteiger charge is -2.15. The molecule has 2 heterocycles. The van der Waals surface area contributed by atoms with E-state index in [4.69, 9.17) is 18.6 Å². The quantitative estimate of drug-likeness (QED) is 0.298. The minimum atomic E-state index is -0.822. The Kier molecular flexibility index (Phi) is 7.60. The van der Waals surface area contributed by atoms with Crippen molar-refractivity contribution in [1.29, 1.82) is 0 Å². The molecular formula is C26H26N2O6S. The lowest BCUT2D eigenvalue weighted by Crippen LogP contribution is -2.16. The van der Waals surface area contributed by atoms with Crippen molar-refractivity contribution in [3.8, 4) is 33.4 Å². The van der Waals surface area contributed by atoms with Crippen LogP contribution in [-0.2, 0) is 11.3 Å². The van der Waals surface area contributed by atoms with Crippen LogP contribution in [0.25, 0.3) is 21.9 Å². The van der Waals surface area contributed by atoms with Gasteiger partial charge >= 0.3 is 0 Å². The molecule has 0 aliphatic rings. The molecule has 4 aromatic rings. The number of benzene rings is 2. The summed E-state index contributed by atoms with van der Waals surface area (Å²) in [6, 6.07) is 14.5. The number of aliphatic hydroxyl groups is 1. The number of nitrogens with zero attached hydrogens (tertiary/aromatic N) is 2. The van der Waals surface area contributed by atoms with Gasteiger partial charge in [-0.2, -0.15) is 0 Å². The van der Waals surface area contributed by atoms with E-state index in [2.05, 4.69) is 10.2 Å². The number of methoxy groups -OCH3 is 2. The average molecular weight is 495 g/mol. The Bertz CT molecular complexity index is 1290. The predicted octanol–water partition coefficient (Wildman–Crippen LogP) is 5.24. The summed E-state index contributed by atoms with van der Waals surface area (Å²) in [4.78, 5) is 13.4.